The largest absolute Gasteiger partial charge is 0.309 e. The van der Waals surface area contributed by atoms with Crippen LogP contribution in [0, 0.1) is 18.6 Å². The maximum atomic E-state index is 14.1. The molecular weight excluding hydrogens is 348 g/mol. The van der Waals surface area contributed by atoms with Crippen LogP contribution >= 0.6 is 27.5 Å². The Hall–Kier alpha value is -0.970. The molecule has 0 spiro atoms. The molecule has 0 amide bonds. The van der Waals surface area contributed by atoms with Gasteiger partial charge < -0.3 is 5.32 Å². The Morgan fingerprint density at radius 2 is 1.85 bits per heavy atom. The van der Waals surface area contributed by atoms with E-state index in [0.29, 0.717) is 20.6 Å². The molecule has 0 heterocycles. The number of hydrogen-bond acceptors (Lipinski definition) is 1. The van der Waals surface area contributed by atoms with E-state index in [-0.39, 0.29) is 17.7 Å². The zero-order chi connectivity index (χ0) is 14.9. The van der Waals surface area contributed by atoms with Crippen molar-refractivity contribution in [2.24, 2.45) is 0 Å². The third-order valence-electron chi connectivity index (χ3n) is 3.15. The Balaban J connectivity index is 2.52. The van der Waals surface area contributed by atoms with Crippen molar-refractivity contribution in [3.63, 3.8) is 0 Å². The SMILES string of the molecule is CNC(c1ccc(F)c(C)c1)c1cc(Cl)c(Br)cc1F. The highest BCUT2D eigenvalue weighted by Gasteiger charge is 2.18. The predicted molar refractivity (Wildman–Crippen MR) is 81.1 cm³/mol. The molecule has 0 saturated heterocycles. The van der Waals surface area contributed by atoms with Gasteiger partial charge in [0.25, 0.3) is 0 Å². The van der Waals surface area contributed by atoms with Gasteiger partial charge in [0.15, 0.2) is 0 Å². The normalized spacial score (nSPS) is 12.5. The topological polar surface area (TPSA) is 12.0 Å². The number of halogens is 4. The molecule has 0 bridgehead atoms. The van der Waals surface area contributed by atoms with Crippen molar-refractivity contribution < 1.29 is 8.78 Å². The molecule has 0 saturated carbocycles. The number of rotatable bonds is 3. The summed E-state index contributed by atoms with van der Waals surface area (Å²) in [5.41, 5.74) is 1.72. The first kappa shape index (κ1) is 15.4. The molecule has 0 radical (unpaired) electrons. The molecule has 0 fully saturated rings. The highest BCUT2D eigenvalue weighted by molar-refractivity contribution is 9.10. The second-order valence-electron chi connectivity index (χ2n) is 4.52. The van der Waals surface area contributed by atoms with Gasteiger partial charge in [0, 0.05) is 10.0 Å². The first-order valence-electron chi connectivity index (χ1n) is 6.01. The summed E-state index contributed by atoms with van der Waals surface area (Å²) in [4.78, 5) is 0. The van der Waals surface area contributed by atoms with Crippen molar-refractivity contribution in [1.82, 2.24) is 5.32 Å². The number of hydrogen-bond donors (Lipinski definition) is 1. The monoisotopic (exact) mass is 359 g/mol. The lowest BCUT2D eigenvalue weighted by atomic mass is 9.97. The molecule has 1 unspecified atom stereocenters. The van der Waals surface area contributed by atoms with E-state index in [1.807, 2.05) is 0 Å². The van der Waals surface area contributed by atoms with E-state index in [9.17, 15) is 8.78 Å². The van der Waals surface area contributed by atoms with Crippen LogP contribution in [0.4, 0.5) is 8.78 Å². The number of nitrogens with one attached hydrogen (secondary N) is 1. The minimum Gasteiger partial charge on any atom is -0.309 e. The molecule has 106 valence electrons. The van der Waals surface area contributed by atoms with Gasteiger partial charge in [-0.05, 0) is 59.2 Å². The van der Waals surface area contributed by atoms with Gasteiger partial charge in [-0.25, -0.2) is 8.78 Å². The summed E-state index contributed by atoms with van der Waals surface area (Å²) < 4.78 is 28.0. The molecule has 0 aliphatic heterocycles. The van der Waals surface area contributed by atoms with Gasteiger partial charge in [-0.2, -0.15) is 0 Å². The van der Waals surface area contributed by atoms with Crippen LogP contribution in [-0.2, 0) is 0 Å². The third-order valence-corrected chi connectivity index (χ3v) is 4.35. The lowest BCUT2D eigenvalue weighted by Gasteiger charge is -2.19. The average molecular weight is 361 g/mol. The van der Waals surface area contributed by atoms with Crippen LogP contribution in [0.25, 0.3) is 0 Å². The fraction of sp³-hybridized carbons (Fsp3) is 0.200. The van der Waals surface area contributed by atoms with E-state index in [1.54, 1.807) is 32.2 Å². The summed E-state index contributed by atoms with van der Waals surface area (Å²) in [5.74, 6) is -0.652. The number of benzene rings is 2. The molecule has 1 N–H and O–H groups in total. The molecule has 1 nitrogen and oxygen atoms in total. The molecule has 20 heavy (non-hydrogen) atoms. The summed E-state index contributed by atoms with van der Waals surface area (Å²) in [5, 5.41) is 3.46. The molecule has 5 heteroatoms. The smallest absolute Gasteiger partial charge is 0.129 e. The molecular formula is C15H13BrClF2N. The van der Waals surface area contributed by atoms with Crippen LogP contribution in [-0.4, -0.2) is 7.05 Å². The first-order valence-corrected chi connectivity index (χ1v) is 7.19. The van der Waals surface area contributed by atoms with Gasteiger partial charge in [-0.3, -0.25) is 0 Å². The summed E-state index contributed by atoms with van der Waals surface area (Å²) in [6, 6.07) is 7.23. The molecule has 2 rings (SSSR count). The first-order chi connectivity index (χ1) is 9.43. The lowest BCUT2D eigenvalue weighted by molar-refractivity contribution is 0.573. The van der Waals surface area contributed by atoms with Crippen molar-refractivity contribution >= 4 is 27.5 Å². The second-order valence-corrected chi connectivity index (χ2v) is 5.78. The van der Waals surface area contributed by atoms with E-state index in [4.69, 9.17) is 11.6 Å². The van der Waals surface area contributed by atoms with Crippen LogP contribution in [0.15, 0.2) is 34.8 Å². The second kappa shape index (κ2) is 6.20. The standard InChI is InChI=1S/C15H13BrClF2N/c1-8-5-9(3-4-13(8)18)15(20-2)10-6-12(17)11(16)7-14(10)19/h3-7,15,20H,1-2H3. The molecule has 2 aromatic carbocycles. The lowest BCUT2D eigenvalue weighted by Crippen LogP contribution is -2.19. The Bertz CT molecular complexity index is 646. The Labute approximate surface area is 130 Å². The third kappa shape index (κ3) is 3.03. The minimum atomic E-state index is -0.389. The van der Waals surface area contributed by atoms with Gasteiger partial charge in [0.05, 0.1) is 11.1 Å². The molecule has 0 aromatic heterocycles. The van der Waals surface area contributed by atoms with Gasteiger partial charge in [0.1, 0.15) is 11.6 Å². The summed E-state index contributed by atoms with van der Waals surface area (Å²) >= 11 is 9.22. The Morgan fingerprint density at radius 3 is 2.45 bits per heavy atom. The van der Waals surface area contributed by atoms with Gasteiger partial charge in [0.2, 0.25) is 0 Å². The zero-order valence-electron chi connectivity index (χ0n) is 11.0. The highest BCUT2D eigenvalue weighted by Crippen LogP contribution is 2.32. The van der Waals surface area contributed by atoms with Crippen molar-refractivity contribution in [3.8, 4) is 0 Å². The zero-order valence-corrected chi connectivity index (χ0v) is 13.3. The van der Waals surface area contributed by atoms with Crippen LogP contribution < -0.4 is 5.32 Å². The molecule has 0 aliphatic rings. The van der Waals surface area contributed by atoms with E-state index in [2.05, 4.69) is 21.2 Å². The minimum absolute atomic E-state index is 0.280. The van der Waals surface area contributed by atoms with E-state index in [0.717, 1.165) is 5.56 Å². The summed E-state index contributed by atoms with van der Waals surface area (Å²) in [7, 11) is 1.72. The molecule has 0 aliphatic carbocycles. The van der Waals surface area contributed by atoms with Crippen LogP contribution in [0.2, 0.25) is 5.02 Å². The van der Waals surface area contributed by atoms with Crippen LogP contribution in [0.3, 0.4) is 0 Å². The number of aryl methyl sites for hydroxylation is 1. The van der Waals surface area contributed by atoms with E-state index < -0.39 is 0 Å². The van der Waals surface area contributed by atoms with Crippen molar-refractivity contribution in [2.75, 3.05) is 7.05 Å². The van der Waals surface area contributed by atoms with Crippen molar-refractivity contribution in [1.29, 1.82) is 0 Å². The van der Waals surface area contributed by atoms with E-state index in [1.165, 1.54) is 12.1 Å². The summed E-state index contributed by atoms with van der Waals surface area (Å²) in [6.07, 6.45) is 0. The van der Waals surface area contributed by atoms with Crippen molar-refractivity contribution in [3.05, 3.63) is 68.2 Å². The van der Waals surface area contributed by atoms with E-state index >= 15 is 0 Å². The highest BCUT2D eigenvalue weighted by atomic mass is 79.9. The fourth-order valence-corrected chi connectivity index (χ4v) is 2.60. The molecule has 1 atom stereocenters. The maximum absolute atomic E-state index is 14.1. The summed E-state index contributed by atoms with van der Waals surface area (Å²) in [6.45, 7) is 1.68. The van der Waals surface area contributed by atoms with Gasteiger partial charge in [-0.1, -0.05) is 23.7 Å². The van der Waals surface area contributed by atoms with Gasteiger partial charge >= 0.3 is 0 Å². The van der Waals surface area contributed by atoms with Crippen LogP contribution in [0.1, 0.15) is 22.7 Å². The van der Waals surface area contributed by atoms with Gasteiger partial charge in [-0.15, -0.1) is 0 Å². The van der Waals surface area contributed by atoms with Crippen molar-refractivity contribution in [2.45, 2.75) is 13.0 Å². The quantitative estimate of drug-likeness (QED) is 0.760. The Kier molecular flexibility index (Phi) is 4.78. The molecule has 2 aromatic rings. The predicted octanol–water partition coefficient (Wildman–Crippen LogP) is 5.00. The Morgan fingerprint density at radius 1 is 1.15 bits per heavy atom. The van der Waals surface area contributed by atoms with Crippen LogP contribution in [0.5, 0.6) is 0 Å². The average Bonchev–Trinajstić information content (AvgIpc) is 2.40. The fourth-order valence-electron chi connectivity index (χ4n) is 2.11. The maximum Gasteiger partial charge on any atom is 0.129 e.